The van der Waals surface area contributed by atoms with Crippen molar-refractivity contribution in [3.63, 3.8) is 0 Å². The van der Waals surface area contributed by atoms with Gasteiger partial charge in [0.15, 0.2) is 0 Å². The van der Waals surface area contributed by atoms with Crippen LogP contribution in [0.1, 0.15) is 38.5 Å². The molecule has 0 aromatic heterocycles. The van der Waals surface area contributed by atoms with E-state index < -0.39 is 0 Å². The number of carbonyl (C=O) groups is 1. The zero-order valence-electron chi connectivity index (χ0n) is 6.44. The van der Waals surface area contributed by atoms with Crippen molar-refractivity contribution >= 4 is 5.78 Å². The van der Waals surface area contributed by atoms with E-state index in [-0.39, 0.29) is 5.92 Å². The second-order valence-corrected chi connectivity index (χ2v) is 3.12. The number of rotatable bonds is 0. The lowest BCUT2D eigenvalue weighted by Crippen LogP contribution is -2.12. The van der Waals surface area contributed by atoms with E-state index in [4.69, 9.17) is 0 Å². The summed E-state index contributed by atoms with van der Waals surface area (Å²) in [5.41, 5.74) is 0. The highest BCUT2D eigenvalue weighted by molar-refractivity contribution is 5.81. The molecule has 0 spiro atoms. The van der Waals surface area contributed by atoms with Gasteiger partial charge in [0, 0.05) is 12.3 Å². The number of hydrogen-bond donors (Lipinski definition) is 0. The third-order valence-electron chi connectivity index (χ3n) is 2.18. The molecule has 0 aromatic carbocycles. The van der Waals surface area contributed by atoms with Gasteiger partial charge in [0.2, 0.25) is 0 Å². The van der Waals surface area contributed by atoms with Crippen LogP contribution >= 0.6 is 0 Å². The zero-order chi connectivity index (χ0) is 7.40. The van der Waals surface area contributed by atoms with Crippen molar-refractivity contribution in [3.05, 3.63) is 6.92 Å². The SMILES string of the molecule is [CH2]C1CCCCCCC1=O. The molecule has 0 aliphatic heterocycles. The molecule has 1 saturated carbocycles. The molecule has 1 unspecified atom stereocenters. The molecule has 0 bridgehead atoms. The lowest BCUT2D eigenvalue weighted by Gasteiger charge is -2.12. The van der Waals surface area contributed by atoms with Crippen LogP contribution in [0.3, 0.4) is 0 Å². The maximum Gasteiger partial charge on any atom is 0.135 e. The molecule has 0 heterocycles. The van der Waals surface area contributed by atoms with Gasteiger partial charge in [-0.2, -0.15) is 0 Å². The molecule has 0 N–H and O–H groups in total. The highest BCUT2D eigenvalue weighted by Crippen LogP contribution is 2.18. The first kappa shape index (κ1) is 7.77. The van der Waals surface area contributed by atoms with E-state index in [0.717, 1.165) is 19.3 Å². The molecule has 0 aromatic rings. The predicted molar refractivity (Wildman–Crippen MR) is 41.6 cm³/mol. The quantitative estimate of drug-likeness (QED) is 0.503. The topological polar surface area (TPSA) is 17.1 Å². The first-order chi connectivity index (χ1) is 4.80. The minimum Gasteiger partial charge on any atom is -0.299 e. The van der Waals surface area contributed by atoms with Gasteiger partial charge in [0.1, 0.15) is 5.78 Å². The summed E-state index contributed by atoms with van der Waals surface area (Å²) in [5, 5.41) is 0. The van der Waals surface area contributed by atoms with Crippen molar-refractivity contribution in [1.29, 1.82) is 0 Å². The second kappa shape index (κ2) is 3.75. The third kappa shape index (κ3) is 2.13. The van der Waals surface area contributed by atoms with Crippen LogP contribution < -0.4 is 0 Å². The van der Waals surface area contributed by atoms with Crippen LogP contribution in [0.15, 0.2) is 0 Å². The summed E-state index contributed by atoms with van der Waals surface area (Å²) in [4.78, 5) is 11.1. The summed E-state index contributed by atoms with van der Waals surface area (Å²) in [7, 11) is 0. The van der Waals surface area contributed by atoms with Crippen molar-refractivity contribution in [2.45, 2.75) is 38.5 Å². The Balaban J connectivity index is 2.35. The smallest absolute Gasteiger partial charge is 0.135 e. The maximum absolute atomic E-state index is 11.1. The molecule has 1 fully saturated rings. The van der Waals surface area contributed by atoms with E-state index in [1.165, 1.54) is 19.3 Å². The third-order valence-corrected chi connectivity index (χ3v) is 2.18. The van der Waals surface area contributed by atoms with Crippen LogP contribution in [0.4, 0.5) is 0 Å². The van der Waals surface area contributed by atoms with Gasteiger partial charge in [0.05, 0.1) is 0 Å². The van der Waals surface area contributed by atoms with Crippen LogP contribution in [-0.2, 0) is 4.79 Å². The Labute approximate surface area is 62.8 Å². The Hall–Kier alpha value is -0.330. The average molecular weight is 139 g/mol. The highest BCUT2D eigenvalue weighted by Gasteiger charge is 2.13. The Kier molecular flexibility index (Phi) is 2.91. The summed E-state index contributed by atoms with van der Waals surface area (Å²) < 4.78 is 0. The molecule has 1 aliphatic carbocycles. The van der Waals surface area contributed by atoms with Crippen LogP contribution in [0.2, 0.25) is 0 Å². The fraction of sp³-hybridized carbons (Fsp3) is 0.778. The van der Waals surface area contributed by atoms with Gasteiger partial charge in [-0.05, 0) is 19.8 Å². The average Bonchev–Trinajstić information content (AvgIpc) is 1.92. The summed E-state index contributed by atoms with van der Waals surface area (Å²) in [6.07, 6.45) is 6.59. The van der Waals surface area contributed by atoms with E-state index in [1.54, 1.807) is 0 Å². The fourth-order valence-corrected chi connectivity index (χ4v) is 1.41. The minimum absolute atomic E-state index is 0.0975. The molecule has 1 heteroatoms. The fourth-order valence-electron chi connectivity index (χ4n) is 1.41. The summed E-state index contributed by atoms with van der Waals surface area (Å²) >= 11 is 0. The number of hydrogen-bond acceptors (Lipinski definition) is 1. The van der Waals surface area contributed by atoms with Gasteiger partial charge in [-0.1, -0.05) is 19.3 Å². The Morgan fingerprint density at radius 3 is 2.70 bits per heavy atom. The first-order valence-corrected chi connectivity index (χ1v) is 4.16. The molecule has 57 valence electrons. The predicted octanol–water partition coefficient (Wildman–Crippen LogP) is 2.36. The molecule has 1 rings (SSSR count). The minimum atomic E-state index is 0.0975. The molecule has 0 amide bonds. The Morgan fingerprint density at radius 2 is 1.90 bits per heavy atom. The first-order valence-electron chi connectivity index (χ1n) is 4.16. The zero-order valence-corrected chi connectivity index (χ0v) is 6.44. The molecule has 1 atom stereocenters. The van der Waals surface area contributed by atoms with Crippen LogP contribution in [0, 0.1) is 12.8 Å². The molecular weight excluding hydrogens is 124 g/mol. The Bertz CT molecular complexity index is 118. The second-order valence-electron chi connectivity index (χ2n) is 3.12. The van der Waals surface area contributed by atoms with Crippen molar-refractivity contribution < 1.29 is 4.79 Å². The van der Waals surface area contributed by atoms with Crippen molar-refractivity contribution in [3.8, 4) is 0 Å². The standard InChI is InChI=1S/C9H15O/c1-8-6-4-2-3-5-7-9(8)10/h8H,1-7H2. The summed E-state index contributed by atoms with van der Waals surface area (Å²) in [5.74, 6) is 0.472. The largest absolute Gasteiger partial charge is 0.299 e. The van der Waals surface area contributed by atoms with Gasteiger partial charge in [-0.25, -0.2) is 0 Å². The van der Waals surface area contributed by atoms with Gasteiger partial charge in [0.25, 0.3) is 0 Å². The van der Waals surface area contributed by atoms with Crippen molar-refractivity contribution in [1.82, 2.24) is 0 Å². The van der Waals surface area contributed by atoms with Crippen LogP contribution in [-0.4, -0.2) is 5.78 Å². The normalized spacial score (nSPS) is 29.3. The molecular formula is C9H15O. The lowest BCUT2D eigenvalue weighted by molar-refractivity contribution is -0.122. The van der Waals surface area contributed by atoms with Gasteiger partial charge >= 0.3 is 0 Å². The molecule has 1 aliphatic rings. The molecule has 1 radical (unpaired) electrons. The molecule has 10 heavy (non-hydrogen) atoms. The maximum atomic E-state index is 11.1. The number of carbonyl (C=O) groups excluding carboxylic acids is 1. The van der Waals surface area contributed by atoms with E-state index in [1.807, 2.05) is 0 Å². The van der Waals surface area contributed by atoms with E-state index >= 15 is 0 Å². The van der Waals surface area contributed by atoms with Crippen molar-refractivity contribution in [2.75, 3.05) is 0 Å². The lowest BCUT2D eigenvalue weighted by atomic mass is 9.92. The monoisotopic (exact) mass is 139 g/mol. The van der Waals surface area contributed by atoms with E-state index in [2.05, 4.69) is 6.92 Å². The van der Waals surface area contributed by atoms with Gasteiger partial charge in [-0.3, -0.25) is 4.79 Å². The van der Waals surface area contributed by atoms with Crippen LogP contribution in [0.5, 0.6) is 0 Å². The van der Waals surface area contributed by atoms with Gasteiger partial charge in [-0.15, -0.1) is 0 Å². The van der Waals surface area contributed by atoms with Crippen molar-refractivity contribution in [2.24, 2.45) is 5.92 Å². The highest BCUT2D eigenvalue weighted by atomic mass is 16.1. The van der Waals surface area contributed by atoms with E-state index in [9.17, 15) is 4.79 Å². The summed E-state index contributed by atoms with van der Waals surface area (Å²) in [6, 6.07) is 0. The molecule has 0 saturated heterocycles. The number of ketones is 1. The van der Waals surface area contributed by atoms with Crippen LogP contribution in [0.25, 0.3) is 0 Å². The summed E-state index contributed by atoms with van der Waals surface area (Å²) in [6.45, 7) is 3.83. The molecule has 1 nitrogen and oxygen atoms in total. The van der Waals surface area contributed by atoms with Gasteiger partial charge < -0.3 is 0 Å². The Morgan fingerprint density at radius 1 is 1.20 bits per heavy atom. The van der Waals surface area contributed by atoms with E-state index in [0.29, 0.717) is 5.78 Å². The number of Topliss-reactive ketones (excluding diaryl/α,β-unsaturated/α-hetero) is 1.